The predicted octanol–water partition coefficient (Wildman–Crippen LogP) is 1.99. The summed E-state index contributed by atoms with van der Waals surface area (Å²) in [7, 11) is 0. The second-order valence-electron chi connectivity index (χ2n) is 2.50. The van der Waals surface area contributed by atoms with Crippen molar-refractivity contribution in [3.05, 3.63) is 0 Å². The van der Waals surface area contributed by atoms with Gasteiger partial charge < -0.3 is 0 Å². The van der Waals surface area contributed by atoms with E-state index in [4.69, 9.17) is 5.26 Å². The van der Waals surface area contributed by atoms with E-state index in [0.29, 0.717) is 12.8 Å². The number of nitrogens with zero attached hydrogens (tertiary/aromatic N) is 1. The number of halogens is 1. The Morgan fingerprint density at radius 1 is 1.70 bits per heavy atom. The average molecular weight is 159 g/mol. The Labute approximate surface area is 64.6 Å². The van der Waals surface area contributed by atoms with E-state index in [2.05, 4.69) is 0 Å². The van der Waals surface area contributed by atoms with Crippen LogP contribution in [0.4, 0.5) is 4.39 Å². The van der Waals surface area contributed by atoms with Crippen LogP contribution < -0.4 is 0 Å². The van der Waals surface area contributed by atoms with Crippen LogP contribution in [0, 0.1) is 17.2 Å². The molecule has 1 heterocycles. The fraction of sp³-hybridized carbons (Fsp3) is 0.857. The molecular weight excluding hydrogens is 149 g/mol. The predicted molar refractivity (Wildman–Crippen MR) is 40.6 cm³/mol. The number of alkyl halides is 1. The molecule has 0 saturated carbocycles. The van der Waals surface area contributed by atoms with Gasteiger partial charge in [-0.15, -0.1) is 0 Å². The Morgan fingerprint density at radius 3 is 3.10 bits per heavy atom. The number of hydrogen-bond acceptors (Lipinski definition) is 2. The molecule has 0 aromatic heterocycles. The van der Waals surface area contributed by atoms with Crippen LogP contribution in [0.2, 0.25) is 0 Å². The highest BCUT2D eigenvalue weighted by molar-refractivity contribution is 7.99. The Morgan fingerprint density at radius 2 is 2.50 bits per heavy atom. The molecule has 0 N–H and O–H groups in total. The van der Waals surface area contributed by atoms with E-state index in [9.17, 15) is 4.39 Å². The van der Waals surface area contributed by atoms with Crippen LogP contribution in [-0.2, 0) is 0 Å². The summed E-state index contributed by atoms with van der Waals surface area (Å²) in [4.78, 5) is 0. The van der Waals surface area contributed by atoms with Crippen molar-refractivity contribution < 1.29 is 4.39 Å². The third-order valence-corrected chi connectivity index (χ3v) is 2.92. The van der Waals surface area contributed by atoms with E-state index in [-0.39, 0.29) is 5.92 Å². The van der Waals surface area contributed by atoms with Crippen LogP contribution in [0.15, 0.2) is 0 Å². The lowest BCUT2D eigenvalue weighted by Crippen LogP contribution is -2.23. The number of thioether (sulfide) groups is 1. The Kier molecular flexibility index (Phi) is 3.01. The largest absolute Gasteiger partial charge is 0.247 e. The molecule has 1 aliphatic rings. The summed E-state index contributed by atoms with van der Waals surface area (Å²) in [6.07, 6.45) is 0.298. The first-order valence-electron chi connectivity index (χ1n) is 3.43. The Bertz CT molecular complexity index is 143. The van der Waals surface area contributed by atoms with Crippen LogP contribution in [0.5, 0.6) is 0 Å². The van der Waals surface area contributed by atoms with Gasteiger partial charge in [-0.25, -0.2) is 4.39 Å². The molecule has 0 radical (unpaired) electrons. The number of hydrogen-bond donors (Lipinski definition) is 0. The lowest BCUT2D eigenvalue weighted by Gasteiger charge is -2.22. The van der Waals surface area contributed by atoms with Crippen molar-refractivity contribution >= 4 is 11.8 Å². The molecular formula is C7H10FNS. The number of rotatable bonds is 1. The zero-order chi connectivity index (χ0) is 7.40. The lowest BCUT2D eigenvalue weighted by molar-refractivity contribution is 0.236. The van der Waals surface area contributed by atoms with Gasteiger partial charge in [-0.1, -0.05) is 0 Å². The standard InChI is InChI=1S/C7H10FNS/c8-7-2-4-10-5-6(7)1-3-9/h6-7H,1-2,4-5H2/t6-,7+/m0/s1. The summed E-state index contributed by atoms with van der Waals surface area (Å²) in [5, 5.41) is 8.31. The molecule has 0 aliphatic carbocycles. The van der Waals surface area contributed by atoms with Crippen molar-refractivity contribution in [2.75, 3.05) is 11.5 Å². The van der Waals surface area contributed by atoms with Crippen molar-refractivity contribution in [2.45, 2.75) is 19.0 Å². The minimum atomic E-state index is -0.721. The monoisotopic (exact) mass is 159 g/mol. The van der Waals surface area contributed by atoms with E-state index < -0.39 is 6.17 Å². The minimum absolute atomic E-state index is 0.00347. The van der Waals surface area contributed by atoms with Gasteiger partial charge in [-0.05, 0) is 17.9 Å². The van der Waals surface area contributed by atoms with Gasteiger partial charge in [0, 0.05) is 12.3 Å². The first-order chi connectivity index (χ1) is 4.84. The maximum atomic E-state index is 12.9. The van der Waals surface area contributed by atoms with Crippen LogP contribution in [-0.4, -0.2) is 17.7 Å². The molecule has 0 unspecified atom stereocenters. The number of nitriles is 1. The highest BCUT2D eigenvalue weighted by atomic mass is 32.2. The third kappa shape index (κ3) is 1.88. The van der Waals surface area contributed by atoms with Gasteiger partial charge in [0.2, 0.25) is 0 Å². The maximum Gasteiger partial charge on any atom is 0.105 e. The Balaban J connectivity index is 2.34. The third-order valence-electron chi connectivity index (χ3n) is 1.73. The molecule has 1 saturated heterocycles. The molecule has 1 nitrogen and oxygen atoms in total. The van der Waals surface area contributed by atoms with Crippen LogP contribution >= 0.6 is 11.8 Å². The zero-order valence-corrected chi connectivity index (χ0v) is 6.53. The molecule has 2 atom stereocenters. The average Bonchev–Trinajstić information content (AvgIpc) is 1.94. The minimum Gasteiger partial charge on any atom is -0.247 e. The van der Waals surface area contributed by atoms with Crippen LogP contribution in [0.25, 0.3) is 0 Å². The summed E-state index contributed by atoms with van der Waals surface area (Å²) >= 11 is 1.76. The summed E-state index contributed by atoms with van der Waals surface area (Å²) < 4.78 is 12.9. The van der Waals surface area contributed by atoms with Gasteiger partial charge in [0.25, 0.3) is 0 Å². The molecule has 0 amide bonds. The van der Waals surface area contributed by atoms with E-state index in [0.717, 1.165) is 11.5 Å². The molecule has 0 aromatic rings. The highest BCUT2D eigenvalue weighted by Gasteiger charge is 2.24. The maximum absolute atomic E-state index is 12.9. The normalized spacial score (nSPS) is 33.2. The molecule has 0 spiro atoms. The van der Waals surface area contributed by atoms with Crippen molar-refractivity contribution in [3.63, 3.8) is 0 Å². The van der Waals surface area contributed by atoms with Crippen molar-refractivity contribution in [2.24, 2.45) is 5.92 Å². The molecule has 10 heavy (non-hydrogen) atoms. The van der Waals surface area contributed by atoms with Gasteiger partial charge in [0.15, 0.2) is 0 Å². The van der Waals surface area contributed by atoms with Crippen LogP contribution in [0.1, 0.15) is 12.8 Å². The SMILES string of the molecule is N#CC[C@H]1CSCC[C@H]1F. The molecule has 1 fully saturated rings. The van der Waals surface area contributed by atoms with E-state index >= 15 is 0 Å². The van der Waals surface area contributed by atoms with Crippen molar-refractivity contribution in [3.8, 4) is 6.07 Å². The van der Waals surface area contributed by atoms with Crippen molar-refractivity contribution in [1.82, 2.24) is 0 Å². The highest BCUT2D eigenvalue weighted by Crippen LogP contribution is 2.27. The lowest BCUT2D eigenvalue weighted by atomic mass is 10.0. The summed E-state index contributed by atoms with van der Waals surface area (Å²) in [5.74, 6) is 1.75. The quantitative estimate of drug-likeness (QED) is 0.584. The molecule has 0 bridgehead atoms. The van der Waals surface area contributed by atoms with Gasteiger partial charge in [0.1, 0.15) is 6.17 Å². The summed E-state index contributed by atoms with van der Waals surface area (Å²) in [6.45, 7) is 0. The first kappa shape index (κ1) is 7.87. The van der Waals surface area contributed by atoms with E-state index in [1.54, 1.807) is 11.8 Å². The first-order valence-corrected chi connectivity index (χ1v) is 4.59. The van der Waals surface area contributed by atoms with E-state index in [1.165, 1.54) is 0 Å². The molecule has 3 heteroatoms. The summed E-state index contributed by atoms with van der Waals surface area (Å²) in [5.41, 5.74) is 0. The molecule has 1 rings (SSSR count). The fourth-order valence-corrected chi connectivity index (χ4v) is 2.26. The second kappa shape index (κ2) is 3.82. The molecule has 56 valence electrons. The fourth-order valence-electron chi connectivity index (χ4n) is 1.07. The van der Waals surface area contributed by atoms with E-state index in [1.807, 2.05) is 6.07 Å². The van der Waals surface area contributed by atoms with Gasteiger partial charge in [-0.2, -0.15) is 17.0 Å². The Hall–Kier alpha value is -0.230. The van der Waals surface area contributed by atoms with Crippen molar-refractivity contribution in [1.29, 1.82) is 5.26 Å². The second-order valence-corrected chi connectivity index (χ2v) is 3.65. The molecule has 0 aromatic carbocycles. The summed E-state index contributed by atoms with van der Waals surface area (Å²) in [6, 6.07) is 2.01. The van der Waals surface area contributed by atoms with Gasteiger partial charge in [0.05, 0.1) is 6.07 Å². The topological polar surface area (TPSA) is 23.8 Å². The zero-order valence-electron chi connectivity index (χ0n) is 5.72. The van der Waals surface area contributed by atoms with Gasteiger partial charge >= 0.3 is 0 Å². The smallest absolute Gasteiger partial charge is 0.105 e. The van der Waals surface area contributed by atoms with Gasteiger partial charge in [-0.3, -0.25) is 0 Å². The molecule has 1 aliphatic heterocycles. The van der Waals surface area contributed by atoms with Crippen LogP contribution in [0.3, 0.4) is 0 Å².